The lowest BCUT2D eigenvalue weighted by Gasteiger charge is -2.15. The Hall–Kier alpha value is -1.26. The van der Waals surface area contributed by atoms with E-state index in [0.717, 1.165) is 6.42 Å². The van der Waals surface area contributed by atoms with Crippen LogP contribution in [0.3, 0.4) is 0 Å². The zero-order valence-electron chi connectivity index (χ0n) is 13.2. The number of benzene rings is 1. The molecule has 0 bridgehead atoms. The highest BCUT2D eigenvalue weighted by molar-refractivity contribution is 7.26. The number of nitrogens with zero attached hydrogens (tertiary/aromatic N) is 2. The van der Waals surface area contributed by atoms with Crippen molar-refractivity contribution in [1.82, 2.24) is 4.98 Å². The first-order chi connectivity index (χ1) is 10.0. The molecule has 0 atom stereocenters. The summed E-state index contributed by atoms with van der Waals surface area (Å²) in [5.74, 6) is 0. The molecule has 2 nitrogen and oxygen atoms in total. The monoisotopic (exact) mass is 313 g/mol. The Balaban J connectivity index is 2.11. The van der Waals surface area contributed by atoms with Gasteiger partial charge in [-0.15, -0.1) is 11.3 Å². The number of aromatic nitrogens is 2. The first-order valence-corrected chi connectivity index (χ1v) is 11.8. The van der Waals surface area contributed by atoms with E-state index in [0.29, 0.717) is 0 Å². The summed E-state index contributed by atoms with van der Waals surface area (Å²) < 4.78 is 4.97. The van der Waals surface area contributed by atoms with Gasteiger partial charge in [-0.05, 0) is 35.1 Å². The van der Waals surface area contributed by atoms with Gasteiger partial charge in [0.05, 0.1) is 15.1 Å². The van der Waals surface area contributed by atoms with Crippen LogP contribution in [0.2, 0.25) is 19.1 Å². The van der Waals surface area contributed by atoms with Gasteiger partial charge in [0.25, 0.3) is 6.33 Å². The molecular formula is C17H21N2SSi+. The molecule has 2 aromatic heterocycles. The number of thiophene rings is 1. The maximum absolute atomic E-state index is 4.74. The van der Waals surface area contributed by atoms with Crippen LogP contribution in [0.1, 0.15) is 18.2 Å². The lowest BCUT2D eigenvalue weighted by atomic mass is 10.1. The van der Waals surface area contributed by atoms with Crippen LogP contribution < -0.4 is 9.75 Å². The number of fused-ring (bicyclic) bond motifs is 4. The topological polar surface area (TPSA) is 16.8 Å². The number of aryl methyl sites for hydroxylation is 3. The Morgan fingerprint density at radius 1 is 1.33 bits per heavy atom. The van der Waals surface area contributed by atoms with Crippen molar-refractivity contribution in [1.29, 1.82) is 0 Å². The minimum atomic E-state index is -1.20. The quantitative estimate of drug-likeness (QED) is 0.497. The maximum Gasteiger partial charge on any atom is 0.286 e. The molecule has 0 N–H and O–H groups in total. The fraction of sp³-hybridized carbons (Fsp3) is 0.412. The number of rotatable bonds is 1. The Kier molecular flexibility index (Phi) is 2.79. The summed E-state index contributed by atoms with van der Waals surface area (Å²) in [5, 5.41) is 3.05. The standard InChI is InChI=1S/C17H21N2SSi/c1-5-13-17-16(18-10-19(13)2)12-9-15-11(8-14(12)20-17)6-7-21(15,3)4/h8-10H,5-7H2,1-4H3/q+1. The van der Waals surface area contributed by atoms with Crippen molar-refractivity contribution in [3.63, 3.8) is 0 Å². The van der Waals surface area contributed by atoms with Crippen LogP contribution in [0.15, 0.2) is 18.5 Å². The Bertz CT molecular complexity index is 879. The fourth-order valence-electron chi connectivity index (χ4n) is 3.70. The molecule has 21 heavy (non-hydrogen) atoms. The summed E-state index contributed by atoms with van der Waals surface area (Å²) in [6.07, 6.45) is 4.31. The first kappa shape index (κ1) is 13.4. The van der Waals surface area contributed by atoms with E-state index in [2.05, 4.69) is 43.8 Å². The Morgan fingerprint density at radius 3 is 2.90 bits per heavy atom. The van der Waals surface area contributed by atoms with Crippen molar-refractivity contribution in [2.45, 2.75) is 38.9 Å². The van der Waals surface area contributed by atoms with Crippen LogP contribution >= 0.6 is 11.3 Å². The van der Waals surface area contributed by atoms with Gasteiger partial charge in [0.2, 0.25) is 5.52 Å². The molecule has 108 valence electrons. The molecule has 0 aliphatic carbocycles. The first-order valence-electron chi connectivity index (χ1n) is 7.74. The smallest absolute Gasteiger partial charge is 0.236 e. The van der Waals surface area contributed by atoms with Gasteiger partial charge in [-0.1, -0.05) is 25.2 Å². The van der Waals surface area contributed by atoms with Crippen LogP contribution in [-0.2, 0) is 19.9 Å². The average Bonchev–Trinajstić information content (AvgIpc) is 2.95. The van der Waals surface area contributed by atoms with Gasteiger partial charge in [-0.3, -0.25) is 0 Å². The van der Waals surface area contributed by atoms with Crippen LogP contribution in [0.5, 0.6) is 0 Å². The minimum Gasteiger partial charge on any atom is -0.236 e. The van der Waals surface area contributed by atoms with Crippen LogP contribution in [0, 0.1) is 0 Å². The van der Waals surface area contributed by atoms with Gasteiger partial charge < -0.3 is 0 Å². The maximum atomic E-state index is 4.74. The highest BCUT2D eigenvalue weighted by atomic mass is 32.1. The summed E-state index contributed by atoms with van der Waals surface area (Å²) in [5.41, 5.74) is 4.22. The van der Waals surface area contributed by atoms with Crippen LogP contribution in [0.4, 0.5) is 0 Å². The summed E-state index contributed by atoms with van der Waals surface area (Å²) in [4.78, 5) is 4.74. The second kappa shape index (κ2) is 4.37. The molecule has 0 radical (unpaired) electrons. The van der Waals surface area contributed by atoms with Crippen LogP contribution in [0.25, 0.3) is 20.3 Å². The number of hydrogen-bond acceptors (Lipinski definition) is 2. The summed E-state index contributed by atoms with van der Waals surface area (Å²) in [6, 6.07) is 6.34. The van der Waals surface area contributed by atoms with Gasteiger partial charge in [-0.25, -0.2) is 4.57 Å². The predicted molar refractivity (Wildman–Crippen MR) is 93.3 cm³/mol. The van der Waals surface area contributed by atoms with Crippen LogP contribution in [-0.4, -0.2) is 13.1 Å². The lowest BCUT2D eigenvalue weighted by molar-refractivity contribution is -0.680. The second-order valence-electron chi connectivity index (χ2n) is 6.82. The highest BCUT2D eigenvalue weighted by Gasteiger charge is 2.33. The molecule has 3 heterocycles. The molecule has 0 saturated heterocycles. The van der Waals surface area contributed by atoms with E-state index in [4.69, 9.17) is 4.98 Å². The molecule has 0 spiro atoms. The minimum absolute atomic E-state index is 1.06. The lowest BCUT2D eigenvalue weighted by Crippen LogP contribution is -2.37. The van der Waals surface area contributed by atoms with Crippen molar-refractivity contribution in [2.24, 2.45) is 7.05 Å². The molecule has 1 aliphatic heterocycles. The van der Waals surface area contributed by atoms with E-state index in [9.17, 15) is 0 Å². The third kappa shape index (κ3) is 1.82. The second-order valence-corrected chi connectivity index (χ2v) is 12.7. The van der Waals surface area contributed by atoms with E-state index in [1.54, 1.807) is 10.8 Å². The van der Waals surface area contributed by atoms with Gasteiger partial charge in [0, 0.05) is 16.5 Å². The Morgan fingerprint density at radius 2 is 2.14 bits per heavy atom. The zero-order valence-corrected chi connectivity index (χ0v) is 15.0. The molecule has 0 fully saturated rings. The summed E-state index contributed by atoms with van der Waals surface area (Å²) in [7, 11) is 0.903. The van der Waals surface area contributed by atoms with E-state index in [-0.39, 0.29) is 0 Å². The van der Waals surface area contributed by atoms with E-state index in [1.165, 1.54) is 38.5 Å². The average molecular weight is 314 g/mol. The summed E-state index contributed by atoms with van der Waals surface area (Å²) in [6.45, 7) is 7.24. The molecule has 4 heteroatoms. The molecule has 0 unspecified atom stereocenters. The zero-order chi connectivity index (χ0) is 14.8. The van der Waals surface area contributed by atoms with E-state index in [1.807, 2.05) is 17.7 Å². The predicted octanol–water partition coefficient (Wildman–Crippen LogP) is 3.31. The van der Waals surface area contributed by atoms with Gasteiger partial charge in [0.1, 0.15) is 10.4 Å². The normalized spacial score (nSPS) is 16.8. The van der Waals surface area contributed by atoms with Crippen molar-refractivity contribution in [3.05, 3.63) is 29.7 Å². The SMILES string of the molecule is CCc1c2sc3cc4c(cc3c2nc[n+]1C)[Si](C)(C)CC4. The van der Waals surface area contributed by atoms with E-state index >= 15 is 0 Å². The summed E-state index contributed by atoms with van der Waals surface area (Å²) >= 11 is 1.93. The van der Waals surface area contributed by atoms with Gasteiger partial charge in [-0.2, -0.15) is 0 Å². The van der Waals surface area contributed by atoms with Gasteiger partial charge in [0.15, 0.2) is 0 Å². The van der Waals surface area contributed by atoms with Crippen molar-refractivity contribution >= 4 is 44.9 Å². The van der Waals surface area contributed by atoms with Crippen molar-refractivity contribution in [3.8, 4) is 0 Å². The largest absolute Gasteiger partial charge is 0.286 e. The van der Waals surface area contributed by atoms with Gasteiger partial charge >= 0.3 is 0 Å². The third-order valence-corrected chi connectivity index (χ3v) is 9.63. The highest BCUT2D eigenvalue weighted by Crippen LogP contribution is 2.36. The fourth-order valence-corrected chi connectivity index (χ4v) is 7.82. The molecule has 0 amide bonds. The number of hydrogen-bond donors (Lipinski definition) is 0. The van der Waals surface area contributed by atoms with E-state index < -0.39 is 8.07 Å². The van der Waals surface area contributed by atoms with Crippen molar-refractivity contribution < 1.29 is 4.57 Å². The molecule has 3 aromatic rings. The van der Waals surface area contributed by atoms with Crippen molar-refractivity contribution in [2.75, 3.05) is 0 Å². The molecular weight excluding hydrogens is 292 g/mol. The molecule has 0 saturated carbocycles. The molecule has 1 aromatic carbocycles. The Labute approximate surface area is 130 Å². The molecule has 4 rings (SSSR count). The third-order valence-electron chi connectivity index (χ3n) is 5.02. The molecule has 1 aliphatic rings.